The number of likely N-dealkylation sites (tertiary alicyclic amines) is 1. The monoisotopic (exact) mass is 290 g/mol. The van der Waals surface area contributed by atoms with Gasteiger partial charge < -0.3 is 15.2 Å². The van der Waals surface area contributed by atoms with Gasteiger partial charge in [0.25, 0.3) is 0 Å². The Morgan fingerprint density at radius 3 is 2.67 bits per heavy atom. The first kappa shape index (κ1) is 14.5. The number of aromatic nitrogens is 2. The van der Waals surface area contributed by atoms with Crippen molar-refractivity contribution in [3.05, 3.63) is 11.4 Å². The molecule has 1 aromatic heterocycles. The molecule has 1 unspecified atom stereocenters. The SMILES string of the molecule is Cc1c(NN)nc(C2CC2)nc1N(C)CC1CCN(C)C1. The van der Waals surface area contributed by atoms with Gasteiger partial charge in [-0.1, -0.05) is 0 Å². The zero-order chi connectivity index (χ0) is 15.0. The van der Waals surface area contributed by atoms with Crippen molar-refractivity contribution in [3.63, 3.8) is 0 Å². The van der Waals surface area contributed by atoms with Crippen LogP contribution in [0.15, 0.2) is 0 Å². The molecule has 0 radical (unpaired) electrons. The van der Waals surface area contributed by atoms with Crippen LogP contribution in [-0.4, -0.2) is 48.6 Å². The van der Waals surface area contributed by atoms with Crippen LogP contribution in [0.5, 0.6) is 0 Å². The molecule has 0 aromatic carbocycles. The fourth-order valence-corrected chi connectivity index (χ4v) is 3.21. The van der Waals surface area contributed by atoms with E-state index in [0.717, 1.165) is 29.6 Å². The minimum atomic E-state index is 0.530. The maximum atomic E-state index is 5.63. The Bertz CT molecular complexity index is 513. The van der Waals surface area contributed by atoms with Gasteiger partial charge in [0, 0.05) is 31.6 Å². The quantitative estimate of drug-likeness (QED) is 0.630. The second kappa shape index (κ2) is 5.77. The standard InChI is InChI=1S/C15H26N6/c1-10-13(19-16)17-14(12-4-5-12)18-15(10)21(3)9-11-6-7-20(2)8-11/h11-12H,4-9,16H2,1-3H3,(H,17,18,19). The minimum absolute atomic E-state index is 0.530. The third-order valence-electron chi connectivity index (χ3n) is 4.60. The lowest BCUT2D eigenvalue weighted by Gasteiger charge is -2.25. The molecule has 0 amide bonds. The van der Waals surface area contributed by atoms with Crippen molar-refractivity contribution in [2.24, 2.45) is 11.8 Å². The summed E-state index contributed by atoms with van der Waals surface area (Å²) in [6, 6.07) is 0. The number of nitrogen functional groups attached to an aromatic ring is 1. The summed E-state index contributed by atoms with van der Waals surface area (Å²) in [4.78, 5) is 14.0. The van der Waals surface area contributed by atoms with Crippen molar-refractivity contribution in [2.75, 3.05) is 44.1 Å². The number of nitrogens with two attached hydrogens (primary N) is 1. The van der Waals surface area contributed by atoms with Gasteiger partial charge in [-0.3, -0.25) is 0 Å². The number of anilines is 2. The van der Waals surface area contributed by atoms with Crippen molar-refractivity contribution in [2.45, 2.75) is 32.1 Å². The van der Waals surface area contributed by atoms with Gasteiger partial charge in [-0.25, -0.2) is 15.8 Å². The minimum Gasteiger partial charge on any atom is -0.359 e. The molecule has 1 saturated carbocycles. The first-order valence-corrected chi connectivity index (χ1v) is 7.83. The lowest BCUT2D eigenvalue weighted by Crippen LogP contribution is -2.29. The number of rotatable bonds is 5. The number of nitrogens with one attached hydrogen (secondary N) is 1. The summed E-state index contributed by atoms with van der Waals surface area (Å²) in [5.41, 5.74) is 3.77. The molecule has 3 N–H and O–H groups in total. The maximum Gasteiger partial charge on any atom is 0.148 e. The van der Waals surface area contributed by atoms with Crippen LogP contribution in [0.3, 0.4) is 0 Å². The molecule has 21 heavy (non-hydrogen) atoms. The lowest BCUT2D eigenvalue weighted by atomic mass is 10.1. The van der Waals surface area contributed by atoms with Crippen molar-refractivity contribution in [3.8, 4) is 0 Å². The number of nitrogens with zero attached hydrogens (tertiary/aromatic N) is 4. The maximum absolute atomic E-state index is 5.63. The Hall–Kier alpha value is -1.40. The molecule has 1 aliphatic heterocycles. The van der Waals surface area contributed by atoms with E-state index in [1.54, 1.807) is 0 Å². The predicted octanol–water partition coefficient (Wildman–Crippen LogP) is 1.34. The second-order valence-corrected chi connectivity index (χ2v) is 6.60. The molecular formula is C15H26N6. The summed E-state index contributed by atoms with van der Waals surface area (Å²) in [6.45, 7) is 5.45. The third kappa shape index (κ3) is 3.11. The Morgan fingerprint density at radius 2 is 2.10 bits per heavy atom. The van der Waals surface area contributed by atoms with Crippen molar-refractivity contribution in [1.29, 1.82) is 0 Å². The Kier molecular flexibility index (Phi) is 3.99. The van der Waals surface area contributed by atoms with E-state index < -0.39 is 0 Å². The smallest absolute Gasteiger partial charge is 0.148 e. The summed E-state index contributed by atoms with van der Waals surface area (Å²) >= 11 is 0. The van der Waals surface area contributed by atoms with E-state index in [9.17, 15) is 0 Å². The van der Waals surface area contributed by atoms with Crippen LogP contribution in [0.4, 0.5) is 11.6 Å². The number of hydrogen-bond acceptors (Lipinski definition) is 6. The van der Waals surface area contributed by atoms with Crippen molar-refractivity contribution >= 4 is 11.6 Å². The van der Waals surface area contributed by atoms with Gasteiger partial charge in [0.2, 0.25) is 0 Å². The molecule has 1 aliphatic carbocycles. The highest BCUT2D eigenvalue weighted by Gasteiger charge is 2.29. The largest absolute Gasteiger partial charge is 0.359 e. The molecule has 1 aromatic rings. The van der Waals surface area contributed by atoms with Crippen LogP contribution in [0.2, 0.25) is 0 Å². The predicted molar refractivity (Wildman–Crippen MR) is 85.4 cm³/mol. The van der Waals surface area contributed by atoms with Gasteiger partial charge >= 0.3 is 0 Å². The van der Waals surface area contributed by atoms with E-state index >= 15 is 0 Å². The van der Waals surface area contributed by atoms with Gasteiger partial charge in [-0.05, 0) is 45.7 Å². The van der Waals surface area contributed by atoms with E-state index in [2.05, 4.69) is 34.3 Å². The van der Waals surface area contributed by atoms with Crippen LogP contribution in [0.25, 0.3) is 0 Å². The van der Waals surface area contributed by atoms with E-state index in [1.165, 1.54) is 32.4 Å². The molecule has 2 fully saturated rings. The Morgan fingerprint density at radius 1 is 1.33 bits per heavy atom. The lowest BCUT2D eigenvalue weighted by molar-refractivity contribution is 0.395. The van der Waals surface area contributed by atoms with Gasteiger partial charge in [-0.15, -0.1) is 0 Å². The van der Waals surface area contributed by atoms with E-state index in [0.29, 0.717) is 11.8 Å². The molecule has 1 saturated heterocycles. The molecule has 0 bridgehead atoms. The average Bonchev–Trinajstić information content (AvgIpc) is 3.23. The van der Waals surface area contributed by atoms with Crippen LogP contribution in [0, 0.1) is 12.8 Å². The fourth-order valence-electron chi connectivity index (χ4n) is 3.21. The average molecular weight is 290 g/mol. The zero-order valence-electron chi connectivity index (χ0n) is 13.3. The van der Waals surface area contributed by atoms with Crippen LogP contribution in [0.1, 0.15) is 36.6 Å². The molecule has 0 spiro atoms. The first-order valence-electron chi connectivity index (χ1n) is 7.83. The molecule has 1 atom stereocenters. The van der Waals surface area contributed by atoms with Crippen LogP contribution in [-0.2, 0) is 0 Å². The van der Waals surface area contributed by atoms with E-state index in [1.807, 2.05) is 6.92 Å². The zero-order valence-corrected chi connectivity index (χ0v) is 13.3. The molecule has 6 nitrogen and oxygen atoms in total. The van der Waals surface area contributed by atoms with Crippen LogP contribution < -0.4 is 16.2 Å². The third-order valence-corrected chi connectivity index (χ3v) is 4.60. The van der Waals surface area contributed by atoms with Gasteiger partial charge in [0.1, 0.15) is 17.5 Å². The van der Waals surface area contributed by atoms with Crippen LogP contribution >= 0.6 is 0 Å². The number of hydrazine groups is 1. The Balaban J connectivity index is 1.80. The van der Waals surface area contributed by atoms with Gasteiger partial charge in [0.05, 0.1) is 0 Å². The highest BCUT2D eigenvalue weighted by Crippen LogP contribution is 2.40. The summed E-state index contributed by atoms with van der Waals surface area (Å²) < 4.78 is 0. The van der Waals surface area contributed by atoms with Crippen molar-refractivity contribution in [1.82, 2.24) is 14.9 Å². The normalized spacial score (nSPS) is 22.6. The fraction of sp³-hybridized carbons (Fsp3) is 0.733. The number of hydrogen-bond donors (Lipinski definition) is 2. The Labute approximate surface area is 126 Å². The summed E-state index contributed by atoms with van der Waals surface area (Å²) in [5.74, 6) is 9.60. The van der Waals surface area contributed by atoms with E-state index in [4.69, 9.17) is 10.8 Å². The molecular weight excluding hydrogens is 264 g/mol. The topological polar surface area (TPSA) is 70.3 Å². The summed E-state index contributed by atoms with van der Waals surface area (Å²) in [7, 11) is 4.32. The molecule has 3 rings (SSSR count). The summed E-state index contributed by atoms with van der Waals surface area (Å²) in [5, 5.41) is 0. The second-order valence-electron chi connectivity index (χ2n) is 6.60. The molecule has 116 valence electrons. The first-order chi connectivity index (χ1) is 10.1. The van der Waals surface area contributed by atoms with E-state index in [-0.39, 0.29) is 0 Å². The van der Waals surface area contributed by atoms with Gasteiger partial charge in [-0.2, -0.15) is 0 Å². The van der Waals surface area contributed by atoms with Crippen molar-refractivity contribution < 1.29 is 0 Å². The highest BCUT2D eigenvalue weighted by atomic mass is 15.3. The molecule has 6 heteroatoms. The highest BCUT2D eigenvalue weighted by molar-refractivity contribution is 5.58. The van der Waals surface area contributed by atoms with Gasteiger partial charge in [0.15, 0.2) is 0 Å². The summed E-state index contributed by atoms with van der Waals surface area (Å²) in [6.07, 6.45) is 3.66. The molecule has 2 heterocycles. The molecule has 2 aliphatic rings.